The summed E-state index contributed by atoms with van der Waals surface area (Å²) in [4.78, 5) is 25.5. The summed E-state index contributed by atoms with van der Waals surface area (Å²) >= 11 is 0. The lowest BCUT2D eigenvalue weighted by molar-refractivity contribution is 0.0946. The topological polar surface area (TPSA) is 71.3 Å². The van der Waals surface area contributed by atoms with Gasteiger partial charge in [0.25, 0.3) is 11.5 Å². The number of hydrogen-bond donors (Lipinski definition) is 2. The molecule has 0 bridgehead atoms. The van der Waals surface area contributed by atoms with Crippen LogP contribution in [0, 0.1) is 0 Å². The highest BCUT2D eigenvalue weighted by molar-refractivity contribution is 6.03. The first-order valence-corrected chi connectivity index (χ1v) is 8.29. The van der Waals surface area contributed by atoms with Gasteiger partial charge in [-0.25, -0.2) is 0 Å². The third kappa shape index (κ3) is 2.39. The second-order valence-corrected chi connectivity index (χ2v) is 6.43. The highest BCUT2D eigenvalue weighted by Crippen LogP contribution is 2.35. The van der Waals surface area contributed by atoms with E-state index in [1.807, 2.05) is 49.4 Å². The molecule has 4 rings (SSSR count). The fraction of sp³-hybridized carbons (Fsp3) is 0.200. The number of carbonyl (C=O) groups is 1. The summed E-state index contributed by atoms with van der Waals surface area (Å²) in [6, 6.07) is 15.0. The second kappa shape index (κ2) is 5.77. The summed E-state index contributed by atoms with van der Waals surface area (Å²) in [5, 5.41) is 13.9. The Morgan fingerprint density at radius 2 is 1.96 bits per heavy atom. The number of aromatic hydroxyl groups is 1. The quantitative estimate of drug-likeness (QED) is 0.774. The summed E-state index contributed by atoms with van der Waals surface area (Å²) in [5.74, 6) is -0.792. The van der Waals surface area contributed by atoms with Crippen molar-refractivity contribution in [1.82, 2.24) is 9.88 Å². The number of benzene rings is 2. The predicted octanol–water partition coefficient (Wildman–Crippen LogP) is 2.75. The van der Waals surface area contributed by atoms with Crippen molar-refractivity contribution in [1.29, 1.82) is 0 Å². The molecule has 0 saturated carbocycles. The minimum atomic E-state index is -0.554. The molecule has 0 spiro atoms. The summed E-state index contributed by atoms with van der Waals surface area (Å²) in [5.41, 5.74) is 2.06. The molecule has 1 unspecified atom stereocenters. The van der Waals surface area contributed by atoms with Gasteiger partial charge in [-0.05, 0) is 30.5 Å². The van der Waals surface area contributed by atoms with Crippen LogP contribution in [-0.4, -0.2) is 15.6 Å². The second-order valence-electron chi connectivity index (χ2n) is 6.43. The minimum absolute atomic E-state index is 0.0336. The first-order valence-electron chi connectivity index (χ1n) is 8.29. The maximum absolute atomic E-state index is 12.9. The van der Waals surface area contributed by atoms with E-state index in [1.165, 1.54) is 0 Å². The van der Waals surface area contributed by atoms with E-state index in [0.717, 1.165) is 23.1 Å². The van der Waals surface area contributed by atoms with Crippen LogP contribution in [0.3, 0.4) is 0 Å². The van der Waals surface area contributed by atoms with E-state index in [2.05, 4.69) is 5.32 Å². The smallest absolute Gasteiger partial charge is 0.267 e. The fourth-order valence-electron chi connectivity index (χ4n) is 3.59. The van der Waals surface area contributed by atoms with Gasteiger partial charge in [0.2, 0.25) is 0 Å². The maximum atomic E-state index is 12.9. The first kappa shape index (κ1) is 15.4. The zero-order valence-electron chi connectivity index (χ0n) is 13.8. The van der Waals surface area contributed by atoms with Crippen LogP contribution in [0.15, 0.2) is 53.3 Å². The molecular formula is C20H18N2O3. The lowest BCUT2D eigenvalue weighted by atomic mass is 10.1. The molecule has 0 saturated heterocycles. The molecule has 25 heavy (non-hydrogen) atoms. The van der Waals surface area contributed by atoms with E-state index in [1.54, 1.807) is 10.6 Å². The molecule has 1 aliphatic rings. The minimum Gasteiger partial charge on any atom is -0.506 e. The molecule has 2 heterocycles. The van der Waals surface area contributed by atoms with E-state index < -0.39 is 11.5 Å². The Balaban J connectivity index is 1.78. The monoisotopic (exact) mass is 334 g/mol. The molecule has 5 nitrogen and oxygen atoms in total. The Morgan fingerprint density at radius 3 is 2.72 bits per heavy atom. The third-order valence-corrected chi connectivity index (χ3v) is 4.76. The van der Waals surface area contributed by atoms with Gasteiger partial charge >= 0.3 is 0 Å². The highest BCUT2D eigenvalue weighted by atomic mass is 16.3. The molecule has 0 radical (unpaired) electrons. The van der Waals surface area contributed by atoms with Crippen molar-refractivity contribution in [3.05, 3.63) is 75.6 Å². The standard InChI is InChI=1S/C20H18N2O3/c1-12-10-14-8-5-9-15-17(14)22(12)20(25)16(18(15)23)19(24)21-11-13-6-3-2-4-7-13/h2-9,12,23H,10-11H2,1H3,(H,21,24). The van der Waals surface area contributed by atoms with Crippen LogP contribution < -0.4 is 10.9 Å². The van der Waals surface area contributed by atoms with Crippen LogP contribution >= 0.6 is 0 Å². The lowest BCUT2D eigenvalue weighted by Gasteiger charge is -2.14. The van der Waals surface area contributed by atoms with E-state index in [9.17, 15) is 14.7 Å². The fourth-order valence-corrected chi connectivity index (χ4v) is 3.59. The van der Waals surface area contributed by atoms with E-state index in [0.29, 0.717) is 11.9 Å². The van der Waals surface area contributed by atoms with Gasteiger partial charge in [-0.1, -0.05) is 42.5 Å². The van der Waals surface area contributed by atoms with Crippen molar-refractivity contribution in [3.63, 3.8) is 0 Å². The van der Waals surface area contributed by atoms with Gasteiger partial charge < -0.3 is 15.0 Å². The van der Waals surface area contributed by atoms with Crippen molar-refractivity contribution >= 4 is 16.8 Å². The number of aromatic nitrogens is 1. The van der Waals surface area contributed by atoms with E-state index in [4.69, 9.17) is 0 Å². The summed E-state index contributed by atoms with van der Waals surface area (Å²) in [6.45, 7) is 2.25. The van der Waals surface area contributed by atoms with Gasteiger partial charge in [0.1, 0.15) is 11.3 Å². The molecule has 1 aromatic heterocycles. The average molecular weight is 334 g/mol. The first-order chi connectivity index (χ1) is 12.1. The van der Waals surface area contributed by atoms with Crippen molar-refractivity contribution in [3.8, 4) is 5.75 Å². The molecule has 0 fully saturated rings. The highest BCUT2D eigenvalue weighted by Gasteiger charge is 2.29. The van der Waals surface area contributed by atoms with Gasteiger partial charge in [-0.15, -0.1) is 0 Å². The number of carbonyl (C=O) groups excluding carboxylic acids is 1. The van der Waals surface area contributed by atoms with Crippen molar-refractivity contribution < 1.29 is 9.90 Å². The molecule has 0 aliphatic carbocycles. The molecule has 3 aromatic rings. The molecule has 126 valence electrons. The van der Waals surface area contributed by atoms with E-state index >= 15 is 0 Å². The molecule has 2 aromatic carbocycles. The van der Waals surface area contributed by atoms with Crippen molar-refractivity contribution in [2.24, 2.45) is 0 Å². The zero-order chi connectivity index (χ0) is 17.6. The summed E-state index contributed by atoms with van der Waals surface area (Å²) in [6.07, 6.45) is 0.723. The van der Waals surface area contributed by atoms with Gasteiger partial charge in [0.15, 0.2) is 0 Å². The van der Waals surface area contributed by atoms with Crippen LogP contribution in [0.5, 0.6) is 5.75 Å². The van der Waals surface area contributed by atoms with Crippen LogP contribution in [0.2, 0.25) is 0 Å². The van der Waals surface area contributed by atoms with Gasteiger partial charge in [-0.2, -0.15) is 0 Å². The normalized spacial score (nSPS) is 15.5. The van der Waals surface area contributed by atoms with Crippen molar-refractivity contribution in [2.45, 2.75) is 25.9 Å². The molecule has 2 N–H and O–H groups in total. The Hall–Kier alpha value is -3.08. The predicted molar refractivity (Wildman–Crippen MR) is 95.9 cm³/mol. The third-order valence-electron chi connectivity index (χ3n) is 4.76. The van der Waals surface area contributed by atoms with Crippen LogP contribution in [-0.2, 0) is 13.0 Å². The number of nitrogens with zero attached hydrogens (tertiary/aromatic N) is 1. The summed E-state index contributed by atoms with van der Waals surface area (Å²) in [7, 11) is 0. The summed E-state index contributed by atoms with van der Waals surface area (Å²) < 4.78 is 1.63. The number of hydrogen-bond acceptors (Lipinski definition) is 3. The van der Waals surface area contributed by atoms with Gasteiger partial charge in [0.05, 0.1) is 5.52 Å². The average Bonchev–Trinajstić information content (AvgIpc) is 2.96. The number of pyridine rings is 1. The van der Waals surface area contributed by atoms with Crippen molar-refractivity contribution in [2.75, 3.05) is 0 Å². The van der Waals surface area contributed by atoms with E-state index in [-0.39, 0.29) is 17.4 Å². The van der Waals surface area contributed by atoms with Crippen LogP contribution in [0.25, 0.3) is 10.9 Å². The Bertz CT molecular complexity index is 1040. The Morgan fingerprint density at radius 1 is 1.20 bits per heavy atom. The molecule has 1 amide bonds. The number of para-hydroxylation sites is 1. The number of rotatable bonds is 3. The van der Waals surface area contributed by atoms with Crippen LogP contribution in [0.4, 0.5) is 0 Å². The number of amides is 1. The molecule has 1 atom stereocenters. The Kier molecular flexibility index (Phi) is 3.57. The van der Waals surface area contributed by atoms with Crippen LogP contribution in [0.1, 0.15) is 34.5 Å². The maximum Gasteiger partial charge on any atom is 0.267 e. The molecule has 5 heteroatoms. The Labute approximate surface area is 144 Å². The zero-order valence-corrected chi connectivity index (χ0v) is 13.8. The van der Waals surface area contributed by atoms with Gasteiger partial charge in [-0.3, -0.25) is 9.59 Å². The SMILES string of the molecule is CC1Cc2cccc3c(O)c(C(=O)NCc4ccccc4)c(=O)n1c23. The van der Waals surface area contributed by atoms with Gasteiger partial charge in [0, 0.05) is 18.0 Å². The number of nitrogens with one attached hydrogen (secondary N) is 1. The molecular weight excluding hydrogens is 316 g/mol. The lowest BCUT2D eigenvalue weighted by Crippen LogP contribution is -2.33. The largest absolute Gasteiger partial charge is 0.506 e. The molecule has 1 aliphatic heterocycles.